The molecule has 0 bridgehead atoms. The first-order chi connectivity index (χ1) is 25.7. The molecule has 0 aromatic carbocycles. The van der Waals surface area contributed by atoms with E-state index in [2.05, 4.69) is 32.9 Å². The van der Waals surface area contributed by atoms with Crippen molar-refractivity contribution in [1.29, 1.82) is 0 Å². The molecule has 0 amide bonds. The molecule has 308 valence electrons. The second-order valence-electron chi connectivity index (χ2n) is 16.1. The van der Waals surface area contributed by atoms with Gasteiger partial charge in [0.15, 0.2) is 0 Å². The molecule has 0 spiro atoms. The van der Waals surface area contributed by atoms with E-state index in [1.54, 1.807) is 0 Å². The van der Waals surface area contributed by atoms with Crippen molar-refractivity contribution in [2.24, 2.45) is 5.92 Å². The van der Waals surface area contributed by atoms with Gasteiger partial charge in [0.1, 0.15) is 0 Å². The quantitative estimate of drug-likeness (QED) is 0.0356. The van der Waals surface area contributed by atoms with Crippen LogP contribution in [0.4, 0.5) is 0 Å². The fourth-order valence-corrected chi connectivity index (χ4v) is 7.21. The average Bonchev–Trinajstić information content (AvgIpc) is 3.14. The summed E-state index contributed by atoms with van der Waals surface area (Å²) in [6.07, 6.45) is 51.5. The summed E-state index contributed by atoms with van der Waals surface area (Å²) >= 11 is 0. The minimum atomic E-state index is -0.363. The van der Waals surface area contributed by atoms with Crippen LogP contribution >= 0.6 is 0 Å². The molecule has 1 atom stereocenters. The Morgan fingerprint density at radius 1 is 0.385 bits per heavy atom. The molecule has 0 saturated heterocycles. The van der Waals surface area contributed by atoms with E-state index in [1.807, 2.05) is 0 Å². The summed E-state index contributed by atoms with van der Waals surface area (Å²) in [6, 6.07) is 0. The van der Waals surface area contributed by atoms with Crippen molar-refractivity contribution < 1.29 is 19.1 Å². The third-order valence-electron chi connectivity index (χ3n) is 10.8. The van der Waals surface area contributed by atoms with Crippen molar-refractivity contribution in [1.82, 2.24) is 0 Å². The topological polar surface area (TPSA) is 52.6 Å². The Labute approximate surface area is 326 Å². The molecule has 0 aromatic rings. The van der Waals surface area contributed by atoms with Crippen LogP contribution in [0.1, 0.15) is 265 Å². The standard InChI is InChI=1S/C48H92O4/c1-4-7-10-13-16-19-22-23-24-25-26-27-28-29-30-33-36-39-42-46(48(50)52-44-41-38-35-32-21-18-15-12-9-6-3)45-47(49)51-43-40-37-34-31-20-17-14-11-8-5-2/h23-24,46H,4-22,25-45H2,1-3H3/b24-23+. The Kier molecular flexibility index (Phi) is 43.0. The third-order valence-corrected chi connectivity index (χ3v) is 10.8. The van der Waals surface area contributed by atoms with Crippen molar-refractivity contribution >= 4 is 11.9 Å². The number of hydrogen-bond acceptors (Lipinski definition) is 4. The molecule has 0 radical (unpaired) electrons. The summed E-state index contributed by atoms with van der Waals surface area (Å²) < 4.78 is 11.3. The van der Waals surface area contributed by atoms with Gasteiger partial charge in [-0.25, -0.2) is 0 Å². The molecule has 4 heteroatoms. The second-order valence-corrected chi connectivity index (χ2v) is 16.1. The number of hydrogen-bond donors (Lipinski definition) is 0. The van der Waals surface area contributed by atoms with Crippen molar-refractivity contribution in [3.05, 3.63) is 12.2 Å². The molecule has 0 saturated carbocycles. The van der Waals surface area contributed by atoms with E-state index in [1.165, 1.54) is 193 Å². The molecule has 1 unspecified atom stereocenters. The lowest BCUT2D eigenvalue weighted by atomic mass is 9.97. The highest BCUT2D eigenvalue weighted by Crippen LogP contribution is 2.20. The molecule has 0 aliphatic heterocycles. The summed E-state index contributed by atoms with van der Waals surface area (Å²) in [5.41, 5.74) is 0. The van der Waals surface area contributed by atoms with Gasteiger partial charge >= 0.3 is 11.9 Å². The number of unbranched alkanes of at least 4 members (excludes halogenated alkanes) is 32. The van der Waals surface area contributed by atoms with Gasteiger partial charge in [-0.15, -0.1) is 0 Å². The van der Waals surface area contributed by atoms with Crippen LogP contribution in [0.2, 0.25) is 0 Å². The van der Waals surface area contributed by atoms with Crippen molar-refractivity contribution in [2.75, 3.05) is 13.2 Å². The minimum Gasteiger partial charge on any atom is -0.466 e. The van der Waals surface area contributed by atoms with Crippen LogP contribution < -0.4 is 0 Å². The summed E-state index contributed by atoms with van der Waals surface area (Å²) in [6.45, 7) is 7.77. The molecule has 52 heavy (non-hydrogen) atoms. The number of allylic oxidation sites excluding steroid dienone is 2. The summed E-state index contributed by atoms with van der Waals surface area (Å²) in [7, 11) is 0. The molecule has 0 aliphatic carbocycles. The highest BCUT2D eigenvalue weighted by Gasteiger charge is 2.24. The van der Waals surface area contributed by atoms with Crippen LogP contribution in [0.15, 0.2) is 12.2 Å². The summed E-state index contributed by atoms with van der Waals surface area (Å²) in [5.74, 6) is -0.778. The molecular formula is C48H92O4. The second kappa shape index (κ2) is 44.1. The van der Waals surface area contributed by atoms with Crippen LogP contribution in [-0.2, 0) is 19.1 Å². The molecular weight excluding hydrogens is 641 g/mol. The number of esters is 2. The Morgan fingerprint density at radius 2 is 0.692 bits per heavy atom. The molecule has 0 aromatic heterocycles. The maximum absolute atomic E-state index is 13.1. The van der Waals surface area contributed by atoms with Gasteiger partial charge in [-0.3, -0.25) is 9.59 Å². The maximum atomic E-state index is 13.1. The highest BCUT2D eigenvalue weighted by atomic mass is 16.5. The average molecular weight is 733 g/mol. The van der Waals surface area contributed by atoms with Crippen LogP contribution in [0, 0.1) is 5.92 Å². The number of carbonyl (C=O) groups excluding carboxylic acids is 2. The first kappa shape index (κ1) is 50.7. The van der Waals surface area contributed by atoms with Gasteiger partial charge in [0, 0.05) is 0 Å². The molecule has 0 heterocycles. The van der Waals surface area contributed by atoms with E-state index in [0.29, 0.717) is 13.2 Å². The molecule has 0 aliphatic rings. The zero-order valence-electron chi connectivity index (χ0n) is 35.6. The number of rotatable bonds is 43. The third kappa shape index (κ3) is 39.9. The van der Waals surface area contributed by atoms with E-state index in [-0.39, 0.29) is 24.3 Å². The number of carbonyl (C=O) groups is 2. The van der Waals surface area contributed by atoms with Crippen molar-refractivity contribution in [3.63, 3.8) is 0 Å². The highest BCUT2D eigenvalue weighted by molar-refractivity contribution is 5.79. The fraction of sp³-hybridized carbons (Fsp3) is 0.917. The molecule has 0 N–H and O–H groups in total. The maximum Gasteiger partial charge on any atom is 0.309 e. The smallest absolute Gasteiger partial charge is 0.309 e. The lowest BCUT2D eigenvalue weighted by Crippen LogP contribution is -2.23. The predicted molar refractivity (Wildman–Crippen MR) is 227 cm³/mol. The van der Waals surface area contributed by atoms with Crippen LogP contribution in [0.3, 0.4) is 0 Å². The Morgan fingerprint density at radius 3 is 1.08 bits per heavy atom. The van der Waals surface area contributed by atoms with Gasteiger partial charge in [-0.1, -0.05) is 226 Å². The van der Waals surface area contributed by atoms with Gasteiger partial charge in [0.2, 0.25) is 0 Å². The first-order valence-corrected chi connectivity index (χ1v) is 23.6. The van der Waals surface area contributed by atoms with Crippen LogP contribution in [-0.4, -0.2) is 25.2 Å². The van der Waals surface area contributed by atoms with Crippen molar-refractivity contribution in [2.45, 2.75) is 265 Å². The van der Waals surface area contributed by atoms with Gasteiger partial charge in [-0.05, 0) is 44.9 Å². The van der Waals surface area contributed by atoms with E-state index in [4.69, 9.17) is 9.47 Å². The largest absolute Gasteiger partial charge is 0.466 e. The molecule has 0 rings (SSSR count). The predicted octanol–water partition coefficient (Wildman–Crippen LogP) is 16.1. The Hall–Kier alpha value is -1.32. The van der Waals surface area contributed by atoms with Gasteiger partial charge < -0.3 is 9.47 Å². The minimum absolute atomic E-state index is 0.169. The molecule has 4 nitrogen and oxygen atoms in total. The van der Waals surface area contributed by atoms with E-state index in [9.17, 15) is 9.59 Å². The first-order valence-electron chi connectivity index (χ1n) is 23.6. The molecule has 0 fully saturated rings. The van der Waals surface area contributed by atoms with Crippen LogP contribution in [0.25, 0.3) is 0 Å². The Bertz CT molecular complexity index is 747. The Balaban J connectivity index is 4.20. The van der Waals surface area contributed by atoms with E-state index >= 15 is 0 Å². The number of ether oxygens (including phenoxy) is 2. The summed E-state index contributed by atoms with van der Waals surface area (Å²) in [5, 5.41) is 0. The zero-order chi connectivity index (χ0) is 37.8. The van der Waals surface area contributed by atoms with Gasteiger partial charge in [0.05, 0.1) is 25.6 Å². The lowest BCUT2D eigenvalue weighted by molar-refractivity contribution is -0.155. The van der Waals surface area contributed by atoms with Gasteiger partial charge in [0.25, 0.3) is 0 Å². The summed E-state index contributed by atoms with van der Waals surface area (Å²) in [4.78, 5) is 25.8. The van der Waals surface area contributed by atoms with Gasteiger partial charge in [-0.2, -0.15) is 0 Å². The van der Waals surface area contributed by atoms with E-state index < -0.39 is 0 Å². The zero-order valence-corrected chi connectivity index (χ0v) is 35.6. The monoisotopic (exact) mass is 733 g/mol. The van der Waals surface area contributed by atoms with E-state index in [0.717, 1.165) is 44.9 Å². The SMILES string of the molecule is CCCCCCCC/C=C/CCCCCCCCCCC(CC(=O)OCCCCCCCCCCCC)C(=O)OCCCCCCCCCCCC. The lowest BCUT2D eigenvalue weighted by Gasteiger charge is -2.16. The normalized spacial score (nSPS) is 12.1. The fourth-order valence-electron chi connectivity index (χ4n) is 7.21. The van der Waals surface area contributed by atoms with Crippen molar-refractivity contribution in [3.8, 4) is 0 Å². The van der Waals surface area contributed by atoms with Crippen LogP contribution in [0.5, 0.6) is 0 Å².